The second-order valence-electron chi connectivity index (χ2n) is 4.51. The van der Waals surface area contributed by atoms with Crippen molar-refractivity contribution in [2.75, 3.05) is 19.6 Å². The van der Waals surface area contributed by atoms with Crippen molar-refractivity contribution in [2.24, 2.45) is 0 Å². The van der Waals surface area contributed by atoms with Crippen LogP contribution in [0, 0.1) is 5.82 Å². The number of likely N-dealkylation sites (tertiary alicyclic amines) is 1. The lowest BCUT2D eigenvalue weighted by Gasteiger charge is -2.31. The monoisotopic (exact) mass is 253 g/mol. The molecule has 0 saturated carbocycles. The van der Waals surface area contributed by atoms with E-state index in [4.69, 9.17) is 11.6 Å². The van der Waals surface area contributed by atoms with Gasteiger partial charge in [-0.1, -0.05) is 29.8 Å². The van der Waals surface area contributed by atoms with E-state index in [1.54, 1.807) is 6.07 Å². The highest BCUT2D eigenvalue weighted by molar-refractivity contribution is 6.31. The molecule has 3 heteroatoms. The van der Waals surface area contributed by atoms with Crippen molar-refractivity contribution in [3.63, 3.8) is 0 Å². The Labute approximate surface area is 107 Å². The number of rotatable bonds is 3. The molecule has 1 saturated heterocycles. The number of hydrogen-bond donors (Lipinski definition) is 0. The van der Waals surface area contributed by atoms with Crippen LogP contribution in [0.25, 0.3) is 0 Å². The molecule has 17 heavy (non-hydrogen) atoms. The molecule has 1 heterocycles. The molecule has 1 aromatic carbocycles. The molecule has 0 amide bonds. The van der Waals surface area contributed by atoms with Gasteiger partial charge in [0.15, 0.2) is 0 Å². The van der Waals surface area contributed by atoms with Crippen LogP contribution in [0.3, 0.4) is 0 Å². The molecule has 1 fully saturated rings. The van der Waals surface area contributed by atoms with Crippen LogP contribution in [0.1, 0.15) is 24.3 Å². The summed E-state index contributed by atoms with van der Waals surface area (Å²) >= 11 is 6.02. The largest absolute Gasteiger partial charge is 0.300 e. The van der Waals surface area contributed by atoms with E-state index in [9.17, 15) is 4.39 Å². The smallest absolute Gasteiger partial charge is 0.142 e. The molecule has 1 nitrogen and oxygen atoms in total. The summed E-state index contributed by atoms with van der Waals surface area (Å²) in [7, 11) is 0. The maximum atomic E-state index is 13.4. The number of halogens is 2. The first kappa shape index (κ1) is 12.6. The van der Waals surface area contributed by atoms with Gasteiger partial charge in [0.1, 0.15) is 5.82 Å². The van der Waals surface area contributed by atoms with Gasteiger partial charge in [0.2, 0.25) is 0 Å². The highest BCUT2D eigenvalue weighted by atomic mass is 35.5. The Morgan fingerprint density at radius 1 is 1.41 bits per heavy atom. The van der Waals surface area contributed by atoms with E-state index < -0.39 is 0 Å². The van der Waals surface area contributed by atoms with Gasteiger partial charge in [0, 0.05) is 6.54 Å². The third-order valence-electron chi connectivity index (χ3n) is 3.40. The summed E-state index contributed by atoms with van der Waals surface area (Å²) in [5.74, 6) is 0.0805. The fourth-order valence-electron chi connectivity index (χ4n) is 2.44. The molecule has 1 aromatic rings. The van der Waals surface area contributed by atoms with Crippen molar-refractivity contribution in [1.82, 2.24) is 4.90 Å². The molecule has 0 atom stereocenters. The zero-order valence-electron chi connectivity index (χ0n) is 9.83. The van der Waals surface area contributed by atoms with Gasteiger partial charge < -0.3 is 0 Å². The molecule has 0 N–H and O–H groups in total. The second kappa shape index (κ2) is 5.65. The van der Waals surface area contributed by atoms with Crippen LogP contribution in [-0.2, 0) is 0 Å². The molecule has 0 aromatic heterocycles. The van der Waals surface area contributed by atoms with E-state index in [-0.39, 0.29) is 5.82 Å². The summed E-state index contributed by atoms with van der Waals surface area (Å²) in [4.78, 5) is 2.36. The molecule has 92 valence electrons. The molecular formula is C14H17ClFN. The maximum Gasteiger partial charge on any atom is 0.142 e. The highest BCUT2D eigenvalue weighted by Gasteiger charge is 2.22. The maximum absolute atomic E-state index is 13.4. The average molecular weight is 254 g/mol. The summed E-state index contributed by atoms with van der Waals surface area (Å²) in [6, 6.07) is 5.10. The van der Waals surface area contributed by atoms with E-state index in [0.29, 0.717) is 10.9 Å². The summed E-state index contributed by atoms with van der Waals surface area (Å²) < 4.78 is 13.4. The van der Waals surface area contributed by atoms with Crippen LogP contribution in [0.5, 0.6) is 0 Å². The standard InChI is InChI=1S/C14H17ClFN/c1-2-8-17-9-6-11(7-10-17)12-4-3-5-13(16)14(12)15/h2-5,11H,1,6-10H2. The van der Waals surface area contributed by atoms with Gasteiger partial charge in [-0.05, 0) is 43.5 Å². The Kier molecular flexibility index (Phi) is 4.19. The van der Waals surface area contributed by atoms with Crippen molar-refractivity contribution < 1.29 is 4.39 Å². The molecule has 1 aliphatic heterocycles. The van der Waals surface area contributed by atoms with E-state index in [1.807, 2.05) is 12.1 Å². The second-order valence-corrected chi connectivity index (χ2v) is 4.88. The zero-order valence-corrected chi connectivity index (χ0v) is 10.6. The van der Waals surface area contributed by atoms with E-state index in [1.165, 1.54) is 6.07 Å². The lowest BCUT2D eigenvalue weighted by molar-refractivity contribution is 0.232. The Bertz CT molecular complexity index is 397. The molecule has 0 aliphatic carbocycles. The lowest BCUT2D eigenvalue weighted by atomic mass is 9.89. The van der Waals surface area contributed by atoms with Gasteiger partial charge in [0.05, 0.1) is 5.02 Å². The normalized spacial score (nSPS) is 18.2. The third kappa shape index (κ3) is 2.88. The van der Waals surface area contributed by atoms with Crippen LogP contribution in [0.4, 0.5) is 4.39 Å². The van der Waals surface area contributed by atoms with Crippen molar-refractivity contribution >= 4 is 11.6 Å². The van der Waals surface area contributed by atoms with E-state index in [2.05, 4.69) is 11.5 Å². The van der Waals surface area contributed by atoms with Crippen LogP contribution in [0.15, 0.2) is 30.9 Å². The lowest BCUT2D eigenvalue weighted by Crippen LogP contribution is -2.33. The fraction of sp³-hybridized carbons (Fsp3) is 0.429. The quantitative estimate of drug-likeness (QED) is 0.740. The summed E-state index contributed by atoms with van der Waals surface area (Å²) in [5, 5.41) is 0.301. The number of piperidine rings is 1. The summed E-state index contributed by atoms with van der Waals surface area (Å²) in [6.07, 6.45) is 4.00. The van der Waals surface area contributed by atoms with Crippen molar-refractivity contribution in [3.8, 4) is 0 Å². The summed E-state index contributed by atoms with van der Waals surface area (Å²) in [5.41, 5.74) is 0.963. The molecule has 0 spiro atoms. The Morgan fingerprint density at radius 2 is 2.12 bits per heavy atom. The molecule has 0 bridgehead atoms. The van der Waals surface area contributed by atoms with E-state index >= 15 is 0 Å². The number of benzene rings is 1. The first-order chi connectivity index (χ1) is 8.22. The Morgan fingerprint density at radius 3 is 2.76 bits per heavy atom. The first-order valence-corrected chi connectivity index (χ1v) is 6.37. The van der Waals surface area contributed by atoms with Crippen LogP contribution in [0.2, 0.25) is 5.02 Å². The van der Waals surface area contributed by atoms with Crippen molar-refractivity contribution in [3.05, 3.63) is 47.3 Å². The van der Waals surface area contributed by atoms with Gasteiger partial charge in [-0.3, -0.25) is 4.90 Å². The van der Waals surface area contributed by atoms with Gasteiger partial charge in [-0.15, -0.1) is 6.58 Å². The van der Waals surface area contributed by atoms with Gasteiger partial charge in [-0.25, -0.2) is 4.39 Å². The first-order valence-electron chi connectivity index (χ1n) is 5.99. The van der Waals surface area contributed by atoms with Gasteiger partial charge in [-0.2, -0.15) is 0 Å². The number of nitrogens with zero attached hydrogens (tertiary/aromatic N) is 1. The zero-order chi connectivity index (χ0) is 12.3. The van der Waals surface area contributed by atoms with Crippen molar-refractivity contribution in [2.45, 2.75) is 18.8 Å². The highest BCUT2D eigenvalue weighted by Crippen LogP contribution is 2.33. The topological polar surface area (TPSA) is 3.24 Å². The minimum absolute atomic E-state index is 0.301. The van der Waals surface area contributed by atoms with Crippen molar-refractivity contribution in [1.29, 1.82) is 0 Å². The van der Waals surface area contributed by atoms with E-state index in [0.717, 1.165) is 38.0 Å². The van der Waals surface area contributed by atoms with Crippen LogP contribution >= 0.6 is 11.6 Å². The Hall–Kier alpha value is -0.860. The predicted molar refractivity (Wildman–Crippen MR) is 70.0 cm³/mol. The SMILES string of the molecule is C=CCN1CCC(c2cccc(F)c2Cl)CC1. The Balaban J connectivity index is 2.05. The predicted octanol–water partition coefficient (Wildman–Crippen LogP) is 3.84. The molecule has 0 radical (unpaired) electrons. The van der Waals surface area contributed by atoms with Gasteiger partial charge >= 0.3 is 0 Å². The molecule has 0 unspecified atom stereocenters. The molecule has 1 aliphatic rings. The molecular weight excluding hydrogens is 237 g/mol. The fourth-order valence-corrected chi connectivity index (χ4v) is 2.73. The third-order valence-corrected chi connectivity index (χ3v) is 3.79. The minimum Gasteiger partial charge on any atom is -0.300 e. The average Bonchev–Trinajstić information content (AvgIpc) is 2.34. The van der Waals surface area contributed by atoms with Crippen LogP contribution in [-0.4, -0.2) is 24.5 Å². The number of hydrogen-bond acceptors (Lipinski definition) is 1. The van der Waals surface area contributed by atoms with Crippen LogP contribution < -0.4 is 0 Å². The molecule has 2 rings (SSSR count). The minimum atomic E-state index is -0.308. The van der Waals surface area contributed by atoms with Gasteiger partial charge in [0.25, 0.3) is 0 Å². The summed E-state index contributed by atoms with van der Waals surface area (Å²) in [6.45, 7) is 6.74.